The molecule has 1 aliphatic carbocycles. The van der Waals surface area contributed by atoms with Crippen molar-refractivity contribution >= 4 is 11.9 Å². The topological polar surface area (TPSA) is 98.7 Å². The molecule has 0 aromatic rings. The van der Waals surface area contributed by atoms with Crippen LogP contribution < -0.4 is 10.6 Å². The van der Waals surface area contributed by atoms with E-state index in [0.717, 1.165) is 12.8 Å². The monoisotopic (exact) mass is 216 g/mol. The van der Waals surface area contributed by atoms with Crippen LogP contribution in [0.2, 0.25) is 0 Å². The second kappa shape index (κ2) is 5.67. The van der Waals surface area contributed by atoms with E-state index in [4.69, 9.17) is 10.2 Å². The standard InChI is InChI=1S/C9H16N2O4/c12-5-7(9(14)15)11-8(13)3-4-10-6-1-2-6/h6-7,10,12H,1-5H2,(H,11,13)(H,14,15). The van der Waals surface area contributed by atoms with Crippen molar-refractivity contribution in [1.82, 2.24) is 10.6 Å². The molecule has 0 saturated heterocycles. The third-order valence-electron chi connectivity index (χ3n) is 2.18. The van der Waals surface area contributed by atoms with Gasteiger partial charge in [0.05, 0.1) is 6.61 Å². The third-order valence-corrected chi connectivity index (χ3v) is 2.18. The van der Waals surface area contributed by atoms with Gasteiger partial charge in [-0.1, -0.05) is 0 Å². The lowest BCUT2D eigenvalue weighted by Crippen LogP contribution is -2.44. The maximum atomic E-state index is 11.2. The molecule has 0 spiro atoms. The molecular weight excluding hydrogens is 200 g/mol. The van der Waals surface area contributed by atoms with Gasteiger partial charge in [-0.25, -0.2) is 4.79 Å². The summed E-state index contributed by atoms with van der Waals surface area (Å²) in [6.07, 6.45) is 2.53. The maximum absolute atomic E-state index is 11.2. The molecule has 1 unspecified atom stereocenters. The minimum Gasteiger partial charge on any atom is -0.480 e. The van der Waals surface area contributed by atoms with Crippen molar-refractivity contribution in [2.75, 3.05) is 13.2 Å². The number of hydrogen-bond acceptors (Lipinski definition) is 4. The zero-order valence-corrected chi connectivity index (χ0v) is 8.40. The van der Waals surface area contributed by atoms with Crippen LogP contribution in [-0.4, -0.2) is 47.3 Å². The highest BCUT2D eigenvalue weighted by atomic mass is 16.4. The van der Waals surface area contributed by atoms with Gasteiger partial charge in [-0.2, -0.15) is 0 Å². The molecule has 0 aliphatic heterocycles. The fourth-order valence-electron chi connectivity index (χ4n) is 1.13. The van der Waals surface area contributed by atoms with Gasteiger partial charge in [0.1, 0.15) is 6.04 Å². The van der Waals surface area contributed by atoms with Crippen LogP contribution in [0.25, 0.3) is 0 Å². The van der Waals surface area contributed by atoms with Gasteiger partial charge in [-0.3, -0.25) is 4.79 Å². The van der Waals surface area contributed by atoms with Gasteiger partial charge in [-0.05, 0) is 12.8 Å². The number of aliphatic carboxylic acids is 1. The Morgan fingerprint density at radius 2 is 2.07 bits per heavy atom. The first-order chi connectivity index (χ1) is 7.13. The summed E-state index contributed by atoms with van der Waals surface area (Å²) in [5, 5.41) is 22.6. The zero-order valence-electron chi connectivity index (χ0n) is 8.40. The van der Waals surface area contributed by atoms with E-state index >= 15 is 0 Å². The van der Waals surface area contributed by atoms with Gasteiger partial charge in [0.15, 0.2) is 0 Å². The lowest BCUT2D eigenvalue weighted by atomic mass is 10.3. The van der Waals surface area contributed by atoms with E-state index < -0.39 is 18.6 Å². The average Bonchev–Trinajstić information content (AvgIpc) is 2.97. The first kappa shape index (κ1) is 11.9. The molecule has 4 N–H and O–H groups in total. The number of rotatable bonds is 7. The number of carboxylic acids is 1. The highest BCUT2D eigenvalue weighted by molar-refractivity contribution is 5.83. The van der Waals surface area contributed by atoms with Crippen LogP contribution in [0.1, 0.15) is 19.3 Å². The Morgan fingerprint density at radius 1 is 1.40 bits per heavy atom. The second-order valence-corrected chi connectivity index (χ2v) is 3.62. The third kappa shape index (κ3) is 4.75. The first-order valence-electron chi connectivity index (χ1n) is 5.00. The molecule has 15 heavy (non-hydrogen) atoms. The Kier molecular flexibility index (Phi) is 4.51. The first-order valence-corrected chi connectivity index (χ1v) is 5.00. The SMILES string of the molecule is O=C(CCNC1CC1)NC(CO)C(=O)O. The van der Waals surface area contributed by atoms with Gasteiger partial charge in [0.2, 0.25) is 5.91 Å². The van der Waals surface area contributed by atoms with Crippen LogP contribution in [0.5, 0.6) is 0 Å². The summed E-state index contributed by atoms with van der Waals surface area (Å²) in [5.74, 6) is -1.58. The highest BCUT2D eigenvalue weighted by Crippen LogP contribution is 2.18. The minimum atomic E-state index is -1.22. The Bertz CT molecular complexity index is 240. The molecule has 0 radical (unpaired) electrons. The molecule has 0 aromatic carbocycles. The fraction of sp³-hybridized carbons (Fsp3) is 0.778. The smallest absolute Gasteiger partial charge is 0.328 e. The Morgan fingerprint density at radius 3 is 2.53 bits per heavy atom. The molecule has 6 heteroatoms. The van der Waals surface area contributed by atoms with Crippen molar-refractivity contribution in [2.45, 2.75) is 31.3 Å². The Hall–Kier alpha value is -1.14. The molecule has 0 heterocycles. The number of amides is 1. The fourth-order valence-corrected chi connectivity index (χ4v) is 1.13. The number of carboxylic acid groups (broad SMARTS) is 1. The highest BCUT2D eigenvalue weighted by Gasteiger charge is 2.21. The van der Waals surface area contributed by atoms with Crippen molar-refractivity contribution < 1.29 is 19.8 Å². The summed E-state index contributed by atoms with van der Waals surface area (Å²) in [7, 11) is 0. The molecule has 1 rings (SSSR count). The summed E-state index contributed by atoms with van der Waals surface area (Å²) in [5.41, 5.74) is 0. The number of aliphatic hydroxyl groups excluding tert-OH is 1. The summed E-state index contributed by atoms with van der Waals surface area (Å²) in [6.45, 7) is -0.0363. The zero-order chi connectivity index (χ0) is 11.3. The van der Waals surface area contributed by atoms with E-state index in [-0.39, 0.29) is 12.3 Å². The predicted octanol–water partition coefficient (Wildman–Crippen LogP) is -1.31. The summed E-state index contributed by atoms with van der Waals surface area (Å²) >= 11 is 0. The van der Waals surface area contributed by atoms with E-state index in [2.05, 4.69) is 10.6 Å². The van der Waals surface area contributed by atoms with Gasteiger partial charge < -0.3 is 20.8 Å². The van der Waals surface area contributed by atoms with E-state index in [1.807, 2.05) is 0 Å². The van der Waals surface area contributed by atoms with Crippen LogP contribution in [-0.2, 0) is 9.59 Å². The van der Waals surface area contributed by atoms with Crippen LogP contribution in [0.15, 0.2) is 0 Å². The van der Waals surface area contributed by atoms with Crippen molar-refractivity contribution in [3.8, 4) is 0 Å². The molecule has 86 valence electrons. The van der Waals surface area contributed by atoms with E-state index in [1.165, 1.54) is 0 Å². The number of nitrogens with one attached hydrogen (secondary N) is 2. The van der Waals surface area contributed by atoms with Crippen LogP contribution >= 0.6 is 0 Å². The summed E-state index contributed by atoms with van der Waals surface area (Å²) in [4.78, 5) is 21.7. The number of carbonyl (C=O) groups is 2. The molecule has 6 nitrogen and oxygen atoms in total. The van der Waals surface area contributed by atoms with Gasteiger partial charge in [0.25, 0.3) is 0 Å². The van der Waals surface area contributed by atoms with Gasteiger partial charge in [-0.15, -0.1) is 0 Å². The number of hydrogen-bond donors (Lipinski definition) is 4. The molecule has 0 bridgehead atoms. The average molecular weight is 216 g/mol. The second-order valence-electron chi connectivity index (χ2n) is 3.62. The lowest BCUT2D eigenvalue weighted by Gasteiger charge is -2.11. The van der Waals surface area contributed by atoms with Crippen LogP contribution in [0.3, 0.4) is 0 Å². The summed E-state index contributed by atoms with van der Waals surface area (Å²) < 4.78 is 0. The Labute approximate surface area is 87.7 Å². The largest absolute Gasteiger partial charge is 0.480 e. The minimum absolute atomic E-state index is 0.236. The maximum Gasteiger partial charge on any atom is 0.328 e. The molecule has 1 saturated carbocycles. The van der Waals surface area contributed by atoms with Crippen molar-refractivity contribution in [2.24, 2.45) is 0 Å². The van der Waals surface area contributed by atoms with Crippen LogP contribution in [0, 0.1) is 0 Å². The molecule has 0 aromatic heterocycles. The van der Waals surface area contributed by atoms with Gasteiger partial charge >= 0.3 is 5.97 Å². The van der Waals surface area contributed by atoms with Gasteiger partial charge in [0, 0.05) is 19.0 Å². The number of carbonyl (C=O) groups excluding carboxylic acids is 1. The Balaban J connectivity index is 2.12. The van der Waals surface area contributed by atoms with Crippen LogP contribution in [0.4, 0.5) is 0 Å². The predicted molar refractivity (Wildman–Crippen MR) is 52.3 cm³/mol. The molecule has 1 atom stereocenters. The number of aliphatic hydroxyl groups is 1. The lowest BCUT2D eigenvalue weighted by molar-refractivity contribution is -0.142. The molecule has 1 fully saturated rings. The molecular formula is C9H16N2O4. The van der Waals surface area contributed by atoms with Crippen molar-refractivity contribution in [3.05, 3.63) is 0 Å². The van der Waals surface area contributed by atoms with E-state index in [1.54, 1.807) is 0 Å². The van der Waals surface area contributed by atoms with E-state index in [0.29, 0.717) is 12.6 Å². The molecule has 1 amide bonds. The molecule has 1 aliphatic rings. The quantitative estimate of drug-likeness (QED) is 0.423. The summed E-state index contributed by atoms with van der Waals surface area (Å²) in [6, 6.07) is -0.663. The van der Waals surface area contributed by atoms with Crippen molar-refractivity contribution in [1.29, 1.82) is 0 Å². The van der Waals surface area contributed by atoms with E-state index in [9.17, 15) is 9.59 Å². The normalized spacial score (nSPS) is 17.1. The van der Waals surface area contributed by atoms with Crippen molar-refractivity contribution in [3.63, 3.8) is 0 Å².